The van der Waals surface area contributed by atoms with Gasteiger partial charge in [0.2, 0.25) is 0 Å². The quantitative estimate of drug-likeness (QED) is 0.609. The molecule has 0 aromatic heterocycles. The molecule has 0 amide bonds. The number of unbranched alkanes of at least 4 members (excludes halogenated alkanes) is 2. The molecule has 0 fully saturated rings. The summed E-state index contributed by atoms with van der Waals surface area (Å²) >= 11 is 0. The van der Waals surface area contributed by atoms with Crippen molar-refractivity contribution in [3.8, 4) is 0 Å². The third-order valence-corrected chi connectivity index (χ3v) is 3.06. The van der Waals surface area contributed by atoms with Crippen molar-refractivity contribution in [3.05, 3.63) is 0 Å². The Morgan fingerprint density at radius 1 is 1.25 bits per heavy atom. The summed E-state index contributed by atoms with van der Waals surface area (Å²) in [5.41, 5.74) is 6.27. The van der Waals surface area contributed by atoms with Crippen molar-refractivity contribution in [3.63, 3.8) is 0 Å². The van der Waals surface area contributed by atoms with Gasteiger partial charge >= 0.3 is 0 Å². The highest BCUT2D eigenvalue weighted by Gasteiger charge is 2.23. The molecule has 0 spiro atoms. The van der Waals surface area contributed by atoms with Crippen LogP contribution in [0.4, 0.5) is 0 Å². The van der Waals surface area contributed by atoms with Gasteiger partial charge in [-0.15, -0.1) is 0 Å². The molecule has 2 atom stereocenters. The molecule has 0 rings (SSSR count). The summed E-state index contributed by atoms with van der Waals surface area (Å²) in [5, 5.41) is 0. The molecule has 0 saturated carbocycles. The lowest BCUT2D eigenvalue weighted by Crippen LogP contribution is -2.42. The van der Waals surface area contributed by atoms with Gasteiger partial charge in [-0.2, -0.15) is 0 Å². The van der Waals surface area contributed by atoms with Crippen LogP contribution in [0.25, 0.3) is 0 Å². The van der Waals surface area contributed by atoms with Gasteiger partial charge in [-0.05, 0) is 19.3 Å². The minimum atomic E-state index is 0.0594. The van der Waals surface area contributed by atoms with E-state index in [1.807, 2.05) is 0 Å². The molecule has 0 aliphatic heterocycles. The lowest BCUT2D eigenvalue weighted by atomic mass is 9.82. The Morgan fingerprint density at radius 3 is 2.25 bits per heavy atom. The van der Waals surface area contributed by atoms with Crippen LogP contribution in [0.2, 0.25) is 0 Å². The zero-order chi connectivity index (χ0) is 9.61. The van der Waals surface area contributed by atoms with Gasteiger partial charge in [-0.1, -0.05) is 46.5 Å². The first-order chi connectivity index (χ1) is 5.54. The molecule has 2 N–H and O–H groups in total. The molecule has 74 valence electrons. The molecule has 0 aliphatic carbocycles. The lowest BCUT2D eigenvalue weighted by molar-refractivity contribution is 0.280. The van der Waals surface area contributed by atoms with Gasteiger partial charge in [0.05, 0.1) is 0 Å². The topological polar surface area (TPSA) is 26.0 Å². The van der Waals surface area contributed by atoms with E-state index in [0.29, 0.717) is 5.92 Å². The maximum Gasteiger partial charge on any atom is 0.0151 e. The SMILES string of the molecule is CCCCCC(C)(N)C(C)CC. The van der Waals surface area contributed by atoms with Crippen LogP contribution in [0.3, 0.4) is 0 Å². The second-order valence-electron chi connectivity index (χ2n) is 4.27. The lowest BCUT2D eigenvalue weighted by Gasteiger charge is -2.31. The molecule has 2 unspecified atom stereocenters. The van der Waals surface area contributed by atoms with E-state index < -0.39 is 0 Å². The van der Waals surface area contributed by atoms with Gasteiger partial charge in [-0.25, -0.2) is 0 Å². The molecule has 0 heterocycles. The molecule has 0 radical (unpaired) electrons. The maximum atomic E-state index is 6.21. The Labute approximate surface area is 77.7 Å². The van der Waals surface area contributed by atoms with E-state index in [-0.39, 0.29) is 5.54 Å². The highest BCUT2D eigenvalue weighted by molar-refractivity contribution is 4.83. The van der Waals surface area contributed by atoms with E-state index in [1.54, 1.807) is 0 Å². The van der Waals surface area contributed by atoms with Crippen LogP contribution in [0.1, 0.15) is 59.8 Å². The second-order valence-corrected chi connectivity index (χ2v) is 4.27. The fourth-order valence-electron chi connectivity index (χ4n) is 1.47. The Hall–Kier alpha value is -0.0400. The normalized spacial score (nSPS) is 18.8. The summed E-state index contributed by atoms with van der Waals surface area (Å²) in [6.07, 6.45) is 6.27. The minimum Gasteiger partial charge on any atom is -0.325 e. The zero-order valence-electron chi connectivity index (χ0n) is 9.19. The van der Waals surface area contributed by atoms with Crippen molar-refractivity contribution in [2.24, 2.45) is 11.7 Å². The van der Waals surface area contributed by atoms with E-state index in [2.05, 4.69) is 27.7 Å². The highest BCUT2D eigenvalue weighted by Crippen LogP contribution is 2.23. The first kappa shape index (κ1) is 12.0. The summed E-state index contributed by atoms with van der Waals surface area (Å²) in [6.45, 7) is 8.90. The van der Waals surface area contributed by atoms with Crippen LogP contribution in [-0.4, -0.2) is 5.54 Å². The molecule has 1 nitrogen and oxygen atoms in total. The van der Waals surface area contributed by atoms with Gasteiger partial charge in [0.1, 0.15) is 0 Å². The largest absolute Gasteiger partial charge is 0.325 e. The first-order valence-corrected chi connectivity index (χ1v) is 5.33. The van der Waals surface area contributed by atoms with Crippen LogP contribution < -0.4 is 5.73 Å². The Morgan fingerprint density at radius 2 is 1.83 bits per heavy atom. The Bertz CT molecular complexity index is 108. The molecule has 0 saturated heterocycles. The van der Waals surface area contributed by atoms with Crippen LogP contribution in [-0.2, 0) is 0 Å². The molecule has 12 heavy (non-hydrogen) atoms. The molecule has 1 heteroatoms. The molecule has 0 aromatic carbocycles. The van der Waals surface area contributed by atoms with E-state index >= 15 is 0 Å². The van der Waals surface area contributed by atoms with Crippen molar-refractivity contribution in [2.45, 2.75) is 65.3 Å². The highest BCUT2D eigenvalue weighted by atomic mass is 14.7. The fraction of sp³-hybridized carbons (Fsp3) is 1.00. The van der Waals surface area contributed by atoms with Crippen LogP contribution in [0, 0.1) is 5.92 Å². The van der Waals surface area contributed by atoms with Crippen molar-refractivity contribution in [2.75, 3.05) is 0 Å². The number of rotatable bonds is 6. The van der Waals surface area contributed by atoms with Gasteiger partial charge in [-0.3, -0.25) is 0 Å². The standard InChI is InChI=1S/C11H25N/c1-5-7-8-9-11(4,12)10(3)6-2/h10H,5-9,12H2,1-4H3. The van der Waals surface area contributed by atoms with Crippen molar-refractivity contribution in [1.29, 1.82) is 0 Å². The van der Waals surface area contributed by atoms with Crippen LogP contribution in [0.5, 0.6) is 0 Å². The summed E-state index contributed by atoms with van der Waals surface area (Å²) in [7, 11) is 0. The smallest absolute Gasteiger partial charge is 0.0151 e. The summed E-state index contributed by atoms with van der Waals surface area (Å²) in [4.78, 5) is 0. The maximum absolute atomic E-state index is 6.21. The van der Waals surface area contributed by atoms with E-state index in [9.17, 15) is 0 Å². The van der Waals surface area contributed by atoms with E-state index in [4.69, 9.17) is 5.73 Å². The monoisotopic (exact) mass is 171 g/mol. The van der Waals surface area contributed by atoms with E-state index in [1.165, 1.54) is 32.1 Å². The van der Waals surface area contributed by atoms with Gasteiger partial charge in [0, 0.05) is 5.54 Å². The predicted octanol–water partition coefficient (Wildman–Crippen LogP) is 3.33. The third kappa shape index (κ3) is 4.10. The number of nitrogens with two attached hydrogens (primary N) is 1. The molecular weight excluding hydrogens is 146 g/mol. The number of hydrogen-bond acceptors (Lipinski definition) is 1. The first-order valence-electron chi connectivity index (χ1n) is 5.33. The predicted molar refractivity (Wildman–Crippen MR) is 56.2 cm³/mol. The van der Waals surface area contributed by atoms with Gasteiger partial charge in [0.15, 0.2) is 0 Å². The molecule has 0 bridgehead atoms. The van der Waals surface area contributed by atoms with Crippen molar-refractivity contribution < 1.29 is 0 Å². The second kappa shape index (κ2) is 5.58. The van der Waals surface area contributed by atoms with E-state index in [0.717, 1.165) is 0 Å². The number of hydrogen-bond donors (Lipinski definition) is 1. The molecule has 0 aromatic rings. The summed E-state index contributed by atoms with van der Waals surface area (Å²) in [5.74, 6) is 0.648. The zero-order valence-corrected chi connectivity index (χ0v) is 9.19. The van der Waals surface area contributed by atoms with Crippen LogP contribution >= 0.6 is 0 Å². The van der Waals surface area contributed by atoms with Gasteiger partial charge < -0.3 is 5.73 Å². The third-order valence-electron chi connectivity index (χ3n) is 3.06. The fourth-order valence-corrected chi connectivity index (χ4v) is 1.47. The molecular formula is C11H25N. The minimum absolute atomic E-state index is 0.0594. The Kier molecular flexibility index (Phi) is 5.56. The Balaban J connectivity index is 3.70. The van der Waals surface area contributed by atoms with Crippen molar-refractivity contribution in [1.82, 2.24) is 0 Å². The summed E-state index contributed by atoms with van der Waals surface area (Å²) in [6, 6.07) is 0. The summed E-state index contributed by atoms with van der Waals surface area (Å²) < 4.78 is 0. The van der Waals surface area contributed by atoms with Crippen molar-refractivity contribution >= 4 is 0 Å². The average Bonchev–Trinajstić information content (AvgIpc) is 2.03. The van der Waals surface area contributed by atoms with Gasteiger partial charge in [0.25, 0.3) is 0 Å². The van der Waals surface area contributed by atoms with Crippen LogP contribution in [0.15, 0.2) is 0 Å². The molecule has 0 aliphatic rings. The average molecular weight is 171 g/mol.